The molecule has 8 heteroatoms. The van der Waals surface area contributed by atoms with Crippen LogP contribution in [-0.2, 0) is 9.59 Å². The molecule has 184 valence electrons. The number of amides is 1. The van der Waals surface area contributed by atoms with Crippen LogP contribution < -0.4 is 14.7 Å². The second-order valence-electron chi connectivity index (χ2n) is 9.22. The average Bonchev–Trinajstić information content (AvgIpc) is 3.29. The molecule has 0 radical (unpaired) electrons. The number of hydrogen-bond acceptors (Lipinski definition) is 5. The molecule has 1 aliphatic heterocycles. The van der Waals surface area contributed by atoms with E-state index in [1.54, 1.807) is 29.7 Å². The van der Waals surface area contributed by atoms with Gasteiger partial charge in [0.25, 0.3) is 5.91 Å². The lowest BCUT2D eigenvalue weighted by atomic mass is 9.96. The van der Waals surface area contributed by atoms with Crippen LogP contribution in [0.5, 0.6) is 5.75 Å². The maximum absolute atomic E-state index is 14.0. The topological polar surface area (TPSA) is 91.4 Å². The van der Waals surface area contributed by atoms with Crippen molar-refractivity contribution in [3.05, 3.63) is 70.7 Å². The Hall–Kier alpha value is -3.65. The Kier molecular flexibility index (Phi) is 6.93. The Morgan fingerprint density at radius 2 is 1.86 bits per heavy atom. The number of rotatable bonds is 8. The molecule has 1 aliphatic rings. The van der Waals surface area contributed by atoms with Gasteiger partial charge in [-0.3, -0.25) is 9.59 Å². The molecule has 1 saturated heterocycles. The summed E-state index contributed by atoms with van der Waals surface area (Å²) in [5.41, 5.74) is 3.10. The molecule has 2 aromatic heterocycles. The standard InChI is InChI=1S/C27H32N4O4/c1-6-35-20-12-10-19(11-13-20)23-21(25(33)27(34)31(23)16-8-14-29(4)5)24(32)22-18(3)28-26-17(2)9-7-15-30(22)26/h7,9-13,15,23,32H,6,8,14,16H2,1-5H3. The van der Waals surface area contributed by atoms with Crippen LogP contribution in [0.25, 0.3) is 11.4 Å². The highest BCUT2D eigenvalue weighted by atomic mass is 16.5. The highest BCUT2D eigenvalue weighted by Gasteiger charge is 2.44. The SMILES string of the molecule is CCOc1ccc(C2C(=C([O-])c3c(C)nc4c(C)cccn34)C(=O)C(=O)N2CCC[NH+](C)C)cc1. The molecule has 1 amide bonds. The minimum atomic E-state index is -0.759. The summed E-state index contributed by atoms with van der Waals surface area (Å²) in [5, 5.41) is 14.0. The minimum absolute atomic E-state index is 0.0252. The first-order valence-corrected chi connectivity index (χ1v) is 12.0. The highest BCUT2D eigenvalue weighted by molar-refractivity contribution is 6.46. The second-order valence-corrected chi connectivity index (χ2v) is 9.22. The number of carbonyl (C=O) groups is 2. The summed E-state index contributed by atoms with van der Waals surface area (Å²) in [6.07, 6.45) is 2.48. The van der Waals surface area contributed by atoms with Crippen molar-refractivity contribution in [3.63, 3.8) is 0 Å². The normalized spacial score (nSPS) is 17.7. The van der Waals surface area contributed by atoms with Gasteiger partial charge in [-0.25, -0.2) is 4.98 Å². The third kappa shape index (κ3) is 4.53. The molecule has 3 heterocycles. The minimum Gasteiger partial charge on any atom is -0.871 e. The maximum atomic E-state index is 14.0. The number of benzene rings is 1. The summed E-state index contributed by atoms with van der Waals surface area (Å²) in [4.78, 5) is 33.8. The average molecular weight is 477 g/mol. The summed E-state index contributed by atoms with van der Waals surface area (Å²) in [7, 11) is 4.08. The van der Waals surface area contributed by atoms with Gasteiger partial charge in [0.15, 0.2) is 0 Å². The molecular formula is C27H32N4O4. The number of nitrogens with one attached hydrogen (secondary N) is 1. The summed E-state index contributed by atoms with van der Waals surface area (Å²) in [6.45, 7) is 7.33. The van der Waals surface area contributed by atoms with Crippen LogP contribution in [0.2, 0.25) is 0 Å². The molecule has 0 bridgehead atoms. The van der Waals surface area contributed by atoms with E-state index in [9.17, 15) is 14.7 Å². The number of ketones is 1. The van der Waals surface area contributed by atoms with Crippen LogP contribution >= 0.6 is 0 Å². The number of hydrogen-bond donors (Lipinski definition) is 1. The van der Waals surface area contributed by atoms with E-state index in [2.05, 4.69) is 4.98 Å². The van der Waals surface area contributed by atoms with E-state index in [0.717, 1.165) is 12.1 Å². The number of aromatic nitrogens is 2. The quantitative estimate of drug-likeness (QED) is 0.299. The van der Waals surface area contributed by atoms with Crippen LogP contribution in [0.4, 0.5) is 0 Å². The third-order valence-corrected chi connectivity index (χ3v) is 6.35. The molecule has 0 spiro atoms. The van der Waals surface area contributed by atoms with Gasteiger partial charge in [-0.15, -0.1) is 0 Å². The number of Topliss-reactive ketones (excluding diaryl/α,β-unsaturated/α-hetero) is 1. The van der Waals surface area contributed by atoms with Gasteiger partial charge in [-0.1, -0.05) is 24.0 Å². The van der Waals surface area contributed by atoms with Crippen molar-refractivity contribution in [1.29, 1.82) is 0 Å². The summed E-state index contributed by atoms with van der Waals surface area (Å²) < 4.78 is 7.27. The van der Waals surface area contributed by atoms with E-state index in [0.29, 0.717) is 47.9 Å². The van der Waals surface area contributed by atoms with Crippen LogP contribution in [-0.4, -0.2) is 59.8 Å². The monoisotopic (exact) mass is 476 g/mol. The Bertz CT molecular complexity index is 1290. The van der Waals surface area contributed by atoms with Gasteiger partial charge in [-0.2, -0.15) is 0 Å². The van der Waals surface area contributed by atoms with Gasteiger partial charge < -0.3 is 24.0 Å². The van der Waals surface area contributed by atoms with Crippen molar-refractivity contribution in [1.82, 2.24) is 14.3 Å². The summed E-state index contributed by atoms with van der Waals surface area (Å²) in [5.74, 6) is -1.15. The summed E-state index contributed by atoms with van der Waals surface area (Å²) >= 11 is 0. The molecule has 35 heavy (non-hydrogen) atoms. The predicted octanol–water partition coefficient (Wildman–Crippen LogP) is 1.11. The van der Waals surface area contributed by atoms with E-state index in [4.69, 9.17) is 4.74 Å². The lowest BCUT2D eigenvalue weighted by Gasteiger charge is -2.27. The molecule has 0 aliphatic carbocycles. The fraction of sp³-hybridized carbons (Fsp3) is 0.370. The van der Waals surface area contributed by atoms with Crippen molar-refractivity contribution in [2.24, 2.45) is 0 Å². The molecule has 1 fully saturated rings. The Balaban J connectivity index is 1.87. The number of pyridine rings is 1. The molecule has 1 atom stereocenters. The van der Waals surface area contributed by atoms with Gasteiger partial charge >= 0.3 is 0 Å². The fourth-order valence-corrected chi connectivity index (χ4v) is 4.68. The molecule has 1 N–H and O–H groups in total. The van der Waals surface area contributed by atoms with Gasteiger partial charge in [0.1, 0.15) is 11.4 Å². The number of likely N-dealkylation sites (tertiary alicyclic amines) is 1. The van der Waals surface area contributed by atoms with E-state index in [-0.39, 0.29) is 5.57 Å². The molecule has 0 saturated carbocycles. The lowest BCUT2D eigenvalue weighted by molar-refractivity contribution is -0.858. The van der Waals surface area contributed by atoms with E-state index >= 15 is 0 Å². The molecule has 3 aromatic rings. The van der Waals surface area contributed by atoms with E-state index < -0.39 is 23.5 Å². The second kappa shape index (κ2) is 9.92. The smallest absolute Gasteiger partial charge is 0.295 e. The van der Waals surface area contributed by atoms with Crippen molar-refractivity contribution >= 4 is 23.1 Å². The van der Waals surface area contributed by atoms with Crippen LogP contribution in [0.15, 0.2) is 48.2 Å². The molecule has 1 aromatic carbocycles. The number of aryl methyl sites for hydroxylation is 2. The molecule has 1 unspecified atom stereocenters. The van der Waals surface area contributed by atoms with Gasteiger partial charge in [-0.05, 0) is 50.1 Å². The zero-order chi connectivity index (χ0) is 25.3. The molecule has 8 nitrogen and oxygen atoms in total. The number of carbonyl (C=O) groups excluding carboxylic acids is 2. The first kappa shape index (κ1) is 24.5. The Morgan fingerprint density at radius 3 is 2.51 bits per heavy atom. The number of fused-ring (bicyclic) bond motifs is 1. The maximum Gasteiger partial charge on any atom is 0.295 e. The highest BCUT2D eigenvalue weighted by Crippen LogP contribution is 2.39. The zero-order valence-corrected chi connectivity index (χ0v) is 20.9. The number of nitrogens with zero attached hydrogens (tertiary/aromatic N) is 3. The largest absolute Gasteiger partial charge is 0.871 e. The molecule has 4 rings (SSSR count). The van der Waals surface area contributed by atoms with Crippen molar-refractivity contribution in [3.8, 4) is 5.75 Å². The van der Waals surface area contributed by atoms with Crippen LogP contribution in [0.1, 0.15) is 41.9 Å². The third-order valence-electron chi connectivity index (χ3n) is 6.35. The lowest BCUT2D eigenvalue weighted by Crippen LogP contribution is -3.05. The van der Waals surface area contributed by atoms with E-state index in [1.165, 1.54) is 9.80 Å². The predicted molar refractivity (Wildman–Crippen MR) is 131 cm³/mol. The van der Waals surface area contributed by atoms with Gasteiger partial charge in [0.05, 0.1) is 44.7 Å². The Labute approximate surface area is 205 Å². The van der Waals surface area contributed by atoms with Gasteiger partial charge in [0.2, 0.25) is 5.78 Å². The van der Waals surface area contributed by atoms with Crippen molar-refractivity contribution in [2.45, 2.75) is 33.2 Å². The number of imidazole rings is 1. The van der Waals surface area contributed by atoms with Crippen LogP contribution in [0.3, 0.4) is 0 Å². The van der Waals surface area contributed by atoms with E-state index in [1.807, 2.05) is 52.2 Å². The zero-order valence-electron chi connectivity index (χ0n) is 20.9. The van der Waals surface area contributed by atoms with Crippen LogP contribution in [0, 0.1) is 13.8 Å². The number of ether oxygens (including phenoxy) is 1. The molecular weight excluding hydrogens is 444 g/mol. The first-order chi connectivity index (χ1) is 16.7. The Morgan fingerprint density at radius 1 is 1.14 bits per heavy atom. The summed E-state index contributed by atoms with van der Waals surface area (Å²) in [6, 6.07) is 10.3. The fourth-order valence-electron chi connectivity index (χ4n) is 4.68. The number of quaternary nitrogens is 1. The van der Waals surface area contributed by atoms with Crippen molar-refractivity contribution in [2.75, 3.05) is 33.8 Å². The van der Waals surface area contributed by atoms with Gasteiger partial charge in [0, 0.05) is 24.7 Å². The first-order valence-electron chi connectivity index (χ1n) is 12.0. The van der Waals surface area contributed by atoms with Crippen molar-refractivity contribution < 1.29 is 24.3 Å².